The Bertz CT molecular complexity index is 976. The number of hydrogen-bond donors (Lipinski definition) is 1. The molecule has 0 aliphatic carbocycles. The van der Waals surface area contributed by atoms with Gasteiger partial charge >= 0.3 is 0 Å². The van der Waals surface area contributed by atoms with Crippen LogP contribution in [0.1, 0.15) is 33.6 Å². The highest BCUT2D eigenvalue weighted by atomic mass is 32.1. The smallest absolute Gasteiger partial charge is 0.216 e. The number of nitrogens with one attached hydrogen (secondary N) is 1. The van der Waals surface area contributed by atoms with Crippen molar-refractivity contribution in [2.75, 3.05) is 0 Å². The van der Waals surface area contributed by atoms with Crippen LogP contribution >= 0.6 is 12.2 Å². The molecular weight excluding hydrogens is 344 g/mol. The minimum atomic E-state index is 0.475. The first-order valence-electron chi connectivity index (χ1n) is 8.42. The average molecular weight is 366 g/mol. The Kier molecular flexibility index (Phi) is 5.32. The summed E-state index contributed by atoms with van der Waals surface area (Å²) in [6.45, 7) is 8.77. The van der Waals surface area contributed by atoms with E-state index in [0.29, 0.717) is 11.4 Å². The van der Waals surface area contributed by atoms with E-state index in [1.165, 1.54) is 22.3 Å². The second-order valence-electron chi connectivity index (χ2n) is 6.37. The zero-order valence-corrected chi connectivity index (χ0v) is 16.2. The van der Waals surface area contributed by atoms with Crippen molar-refractivity contribution in [2.24, 2.45) is 5.10 Å². The molecular formula is C20H22N4OS. The van der Waals surface area contributed by atoms with Crippen molar-refractivity contribution < 1.29 is 4.74 Å². The van der Waals surface area contributed by atoms with Gasteiger partial charge in [-0.3, -0.25) is 5.10 Å². The van der Waals surface area contributed by atoms with E-state index in [1.807, 2.05) is 31.2 Å². The third-order valence-corrected chi connectivity index (χ3v) is 4.50. The summed E-state index contributed by atoms with van der Waals surface area (Å²) in [5.74, 6) is 1.55. The third kappa shape index (κ3) is 4.08. The molecule has 0 aliphatic rings. The number of aromatic nitrogens is 3. The van der Waals surface area contributed by atoms with Crippen molar-refractivity contribution in [3.05, 3.63) is 74.8 Å². The van der Waals surface area contributed by atoms with Crippen LogP contribution in [0.25, 0.3) is 0 Å². The Morgan fingerprint density at radius 2 is 1.77 bits per heavy atom. The van der Waals surface area contributed by atoms with E-state index >= 15 is 0 Å². The lowest BCUT2D eigenvalue weighted by atomic mass is 10.0. The molecule has 0 atom stereocenters. The molecule has 0 amide bonds. The first-order valence-corrected chi connectivity index (χ1v) is 8.83. The monoisotopic (exact) mass is 366 g/mol. The van der Waals surface area contributed by atoms with Crippen molar-refractivity contribution in [1.29, 1.82) is 0 Å². The van der Waals surface area contributed by atoms with E-state index in [1.54, 1.807) is 10.9 Å². The number of benzene rings is 2. The lowest BCUT2D eigenvalue weighted by Gasteiger charge is -2.13. The molecule has 2 aromatic carbocycles. The summed E-state index contributed by atoms with van der Waals surface area (Å²) >= 11 is 5.13. The van der Waals surface area contributed by atoms with Gasteiger partial charge in [-0.2, -0.15) is 14.9 Å². The van der Waals surface area contributed by atoms with Gasteiger partial charge in [0.15, 0.2) is 0 Å². The molecule has 1 heterocycles. The predicted molar refractivity (Wildman–Crippen MR) is 107 cm³/mol. The van der Waals surface area contributed by atoms with E-state index in [0.717, 1.165) is 17.1 Å². The van der Waals surface area contributed by atoms with E-state index in [2.05, 4.69) is 48.2 Å². The number of aromatic amines is 1. The SMILES string of the molecule is Cc1cc(C)c(COc2ccc(/C=N\n3c(C)n[nH]c3=S)cc2)c(C)c1. The molecule has 26 heavy (non-hydrogen) atoms. The third-order valence-electron chi connectivity index (χ3n) is 4.24. The molecule has 3 rings (SSSR count). The van der Waals surface area contributed by atoms with Crippen LogP contribution in [0.15, 0.2) is 41.5 Å². The fourth-order valence-corrected chi connectivity index (χ4v) is 3.10. The summed E-state index contributed by atoms with van der Waals surface area (Å²) in [7, 11) is 0. The summed E-state index contributed by atoms with van der Waals surface area (Å²) in [6, 6.07) is 12.2. The second kappa shape index (κ2) is 7.66. The number of nitrogens with zero attached hydrogens (tertiary/aromatic N) is 3. The summed E-state index contributed by atoms with van der Waals surface area (Å²) < 4.78 is 8.02. The van der Waals surface area contributed by atoms with E-state index < -0.39 is 0 Å². The van der Waals surface area contributed by atoms with Crippen LogP contribution in [0.2, 0.25) is 0 Å². The summed E-state index contributed by atoms with van der Waals surface area (Å²) in [5.41, 5.74) is 6.01. The van der Waals surface area contributed by atoms with Crippen molar-refractivity contribution in [2.45, 2.75) is 34.3 Å². The van der Waals surface area contributed by atoms with Gasteiger partial charge in [0.05, 0.1) is 6.21 Å². The van der Waals surface area contributed by atoms with Crippen molar-refractivity contribution in [3.63, 3.8) is 0 Å². The molecule has 0 fully saturated rings. The van der Waals surface area contributed by atoms with Gasteiger partial charge in [-0.25, -0.2) is 0 Å². The number of hydrogen-bond acceptors (Lipinski definition) is 4. The highest BCUT2D eigenvalue weighted by Crippen LogP contribution is 2.19. The molecule has 134 valence electrons. The predicted octanol–water partition coefficient (Wildman–Crippen LogP) is 4.64. The van der Waals surface area contributed by atoms with Crippen LogP contribution < -0.4 is 4.74 Å². The Morgan fingerprint density at radius 3 is 2.35 bits per heavy atom. The maximum Gasteiger partial charge on any atom is 0.216 e. The van der Waals surface area contributed by atoms with Crippen LogP contribution in [0, 0.1) is 32.5 Å². The lowest BCUT2D eigenvalue weighted by molar-refractivity contribution is 0.304. The van der Waals surface area contributed by atoms with Crippen LogP contribution in [-0.4, -0.2) is 21.1 Å². The minimum absolute atomic E-state index is 0.475. The lowest BCUT2D eigenvalue weighted by Crippen LogP contribution is -2.01. The maximum atomic E-state index is 5.96. The molecule has 5 nitrogen and oxygen atoms in total. The minimum Gasteiger partial charge on any atom is -0.489 e. The largest absolute Gasteiger partial charge is 0.489 e. The molecule has 3 aromatic rings. The van der Waals surface area contributed by atoms with Crippen LogP contribution in [-0.2, 0) is 6.61 Å². The van der Waals surface area contributed by atoms with Gasteiger partial charge in [-0.05, 0) is 86.4 Å². The fraction of sp³-hybridized carbons (Fsp3) is 0.250. The summed E-state index contributed by atoms with van der Waals surface area (Å²) in [4.78, 5) is 0. The number of ether oxygens (including phenoxy) is 1. The molecule has 1 aromatic heterocycles. The first kappa shape index (κ1) is 18.1. The molecule has 0 radical (unpaired) electrons. The Morgan fingerprint density at radius 1 is 1.12 bits per heavy atom. The molecule has 0 aliphatic heterocycles. The van der Waals surface area contributed by atoms with Crippen LogP contribution in [0.5, 0.6) is 5.75 Å². The fourth-order valence-electron chi connectivity index (χ4n) is 2.87. The van der Waals surface area contributed by atoms with Crippen molar-refractivity contribution in [1.82, 2.24) is 14.9 Å². The van der Waals surface area contributed by atoms with Gasteiger partial charge < -0.3 is 4.74 Å². The quantitative estimate of drug-likeness (QED) is 0.529. The molecule has 0 spiro atoms. The van der Waals surface area contributed by atoms with Crippen molar-refractivity contribution in [3.8, 4) is 5.75 Å². The maximum absolute atomic E-state index is 5.96. The molecule has 1 N–H and O–H groups in total. The van der Waals surface area contributed by atoms with E-state index in [-0.39, 0.29) is 0 Å². The highest BCUT2D eigenvalue weighted by Gasteiger charge is 2.05. The van der Waals surface area contributed by atoms with Gasteiger partial charge in [0, 0.05) is 0 Å². The van der Waals surface area contributed by atoms with Crippen LogP contribution in [0.3, 0.4) is 0 Å². The molecule has 0 saturated carbocycles. The molecule has 0 saturated heterocycles. The number of aryl methyl sites for hydroxylation is 4. The number of rotatable bonds is 5. The highest BCUT2D eigenvalue weighted by molar-refractivity contribution is 7.71. The van der Waals surface area contributed by atoms with E-state index in [4.69, 9.17) is 17.0 Å². The Hall–Kier alpha value is -2.73. The van der Waals surface area contributed by atoms with Crippen LogP contribution in [0.4, 0.5) is 0 Å². The van der Waals surface area contributed by atoms with Crippen molar-refractivity contribution >= 4 is 18.4 Å². The zero-order valence-electron chi connectivity index (χ0n) is 15.4. The molecule has 0 unspecified atom stereocenters. The summed E-state index contributed by atoms with van der Waals surface area (Å²) in [5, 5.41) is 11.1. The second-order valence-corrected chi connectivity index (χ2v) is 6.75. The van der Waals surface area contributed by atoms with Gasteiger partial charge in [-0.15, -0.1) is 0 Å². The van der Waals surface area contributed by atoms with Gasteiger partial charge in [0.2, 0.25) is 4.77 Å². The first-order chi connectivity index (χ1) is 12.4. The molecule has 0 bridgehead atoms. The topological polar surface area (TPSA) is 55.2 Å². The standard InChI is InChI=1S/C20H22N4OS/c1-13-9-14(2)19(15(3)10-13)12-25-18-7-5-17(6-8-18)11-21-24-16(4)22-23-20(24)26/h5-11H,12H2,1-4H3,(H,23,26)/b21-11-. The van der Waals surface area contributed by atoms with E-state index in [9.17, 15) is 0 Å². The normalized spacial score (nSPS) is 11.2. The summed E-state index contributed by atoms with van der Waals surface area (Å²) in [6.07, 6.45) is 1.75. The number of H-pyrrole nitrogens is 1. The average Bonchev–Trinajstić information content (AvgIpc) is 2.91. The Balaban J connectivity index is 1.68. The molecule has 6 heteroatoms. The van der Waals surface area contributed by atoms with Gasteiger partial charge in [0.25, 0.3) is 0 Å². The van der Waals surface area contributed by atoms with Gasteiger partial charge in [0.1, 0.15) is 18.2 Å². The zero-order chi connectivity index (χ0) is 18.7. The van der Waals surface area contributed by atoms with Gasteiger partial charge in [-0.1, -0.05) is 17.7 Å². The Labute approximate surface area is 158 Å².